The lowest BCUT2D eigenvalue weighted by Crippen LogP contribution is -2.46. The smallest absolute Gasteiger partial charge is 0.350 e. The Morgan fingerprint density at radius 1 is 1.10 bits per heavy atom. The van der Waals surface area contributed by atoms with Crippen molar-refractivity contribution >= 4 is 34.8 Å². The molecule has 1 heterocycles. The van der Waals surface area contributed by atoms with Crippen LogP contribution >= 0.6 is 11.3 Å². The van der Waals surface area contributed by atoms with Gasteiger partial charge in [0.15, 0.2) is 0 Å². The van der Waals surface area contributed by atoms with Crippen LogP contribution in [0.1, 0.15) is 81.8 Å². The highest BCUT2D eigenvalue weighted by molar-refractivity contribution is 7.14. The van der Waals surface area contributed by atoms with Gasteiger partial charge in [-0.05, 0) is 56.9 Å². The van der Waals surface area contributed by atoms with Gasteiger partial charge in [-0.3, -0.25) is 9.59 Å². The van der Waals surface area contributed by atoms with Crippen LogP contribution in [0.2, 0.25) is 0 Å². The Labute approximate surface area is 190 Å². The fraction of sp³-hybridized carbons (Fsp3) is 0.708. The van der Waals surface area contributed by atoms with E-state index in [4.69, 9.17) is 4.74 Å². The summed E-state index contributed by atoms with van der Waals surface area (Å²) in [5.74, 6) is -0.142. The predicted molar refractivity (Wildman–Crippen MR) is 126 cm³/mol. The quantitative estimate of drug-likeness (QED) is 0.557. The molecular formula is C24H38N2O4S. The molecule has 2 rings (SSSR count). The fourth-order valence-corrected chi connectivity index (χ4v) is 5.15. The SMILES string of the molecule is CCN(CC)C(=O)CN(c1cc(C(C)(C)C)sc1C(=O)OC)C(=O)[C@H]1CC[C@H](C)CC1. The predicted octanol–water partition coefficient (Wildman–Crippen LogP) is 4.86. The zero-order chi connectivity index (χ0) is 23.3. The number of amides is 2. The van der Waals surface area contributed by atoms with Crippen LogP contribution in [0.5, 0.6) is 0 Å². The van der Waals surface area contributed by atoms with E-state index in [1.54, 1.807) is 9.80 Å². The molecule has 1 aromatic rings. The highest BCUT2D eigenvalue weighted by Crippen LogP contribution is 2.39. The summed E-state index contributed by atoms with van der Waals surface area (Å²) in [5.41, 5.74) is 0.315. The van der Waals surface area contributed by atoms with E-state index >= 15 is 0 Å². The molecular weight excluding hydrogens is 412 g/mol. The van der Waals surface area contributed by atoms with Crippen molar-refractivity contribution in [2.24, 2.45) is 11.8 Å². The minimum Gasteiger partial charge on any atom is -0.465 e. The normalized spacial score (nSPS) is 19.1. The van der Waals surface area contributed by atoms with Crippen LogP contribution in [0, 0.1) is 11.8 Å². The van der Waals surface area contributed by atoms with Crippen LogP contribution in [0.25, 0.3) is 0 Å². The molecule has 0 atom stereocenters. The number of likely N-dealkylation sites (N-methyl/N-ethyl adjacent to an activating group) is 1. The molecule has 0 aliphatic heterocycles. The maximum atomic E-state index is 13.7. The van der Waals surface area contributed by atoms with E-state index in [0.717, 1.165) is 30.6 Å². The zero-order valence-electron chi connectivity index (χ0n) is 20.1. The summed E-state index contributed by atoms with van der Waals surface area (Å²) in [6.45, 7) is 13.4. The summed E-state index contributed by atoms with van der Waals surface area (Å²) in [7, 11) is 1.35. The number of methoxy groups -OCH3 is 1. The maximum absolute atomic E-state index is 13.7. The van der Waals surface area contributed by atoms with Gasteiger partial charge in [0.2, 0.25) is 11.8 Å². The molecule has 1 aromatic heterocycles. The van der Waals surface area contributed by atoms with Gasteiger partial charge in [-0.1, -0.05) is 27.7 Å². The van der Waals surface area contributed by atoms with Gasteiger partial charge in [-0.25, -0.2) is 4.79 Å². The van der Waals surface area contributed by atoms with Gasteiger partial charge >= 0.3 is 5.97 Å². The minimum atomic E-state index is -0.471. The summed E-state index contributed by atoms with van der Waals surface area (Å²) >= 11 is 1.35. The van der Waals surface area contributed by atoms with Gasteiger partial charge in [-0.15, -0.1) is 11.3 Å². The van der Waals surface area contributed by atoms with E-state index in [0.29, 0.717) is 29.6 Å². The summed E-state index contributed by atoms with van der Waals surface area (Å²) in [6, 6.07) is 1.90. The van der Waals surface area contributed by atoms with E-state index in [1.807, 2.05) is 19.9 Å². The molecule has 7 heteroatoms. The molecule has 174 valence electrons. The second-order valence-electron chi connectivity index (χ2n) is 9.51. The Morgan fingerprint density at radius 2 is 1.68 bits per heavy atom. The van der Waals surface area contributed by atoms with Gasteiger partial charge < -0.3 is 14.5 Å². The monoisotopic (exact) mass is 450 g/mol. The van der Waals surface area contributed by atoms with E-state index in [-0.39, 0.29) is 29.7 Å². The highest BCUT2D eigenvalue weighted by Gasteiger charge is 2.35. The van der Waals surface area contributed by atoms with Gasteiger partial charge in [0.25, 0.3) is 0 Å². The molecule has 0 radical (unpaired) electrons. The number of nitrogens with zero attached hydrogens (tertiary/aromatic N) is 2. The summed E-state index contributed by atoms with van der Waals surface area (Å²) in [4.78, 5) is 43.9. The fourth-order valence-electron chi connectivity index (χ4n) is 4.01. The molecule has 0 saturated heterocycles. The van der Waals surface area contributed by atoms with Crippen molar-refractivity contribution in [3.05, 3.63) is 15.8 Å². The maximum Gasteiger partial charge on any atom is 0.350 e. The average molecular weight is 451 g/mol. The van der Waals surface area contributed by atoms with E-state index in [2.05, 4.69) is 27.7 Å². The average Bonchev–Trinajstić information content (AvgIpc) is 3.18. The second kappa shape index (κ2) is 10.6. The van der Waals surface area contributed by atoms with E-state index in [1.165, 1.54) is 18.4 Å². The Hall–Kier alpha value is -1.89. The van der Waals surface area contributed by atoms with Gasteiger partial charge in [0, 0.05) is 23.9 Å². The van der Waals surface area contributed by atoms with Crippen LogP contribution < -0.4 is 4.90 Å². The zero-order valence-corrected chi connectivity index (χ0v) is 20.9. The lowest BCUT2D eigenvalue weighted by Gasteiger charge is -2.32. The Kier molecular flexibility index (Phi) is 8.69. The lowest BCUT2D eigenvalue weighted by atomic mass is 9.82. The number of anilines is 1. The Bertz CT molecular complexity index is 784. The molecule has 0 aromatic carbocycles. The standard InChI is InChI=1S/C24H38N2O4S/c1-8-25(9-2)20(27)15-26(22(28)17-12-10-16(3)11-13-17)18-14-19(24(4,5)6)31-21(18)23(29)30-7/h14,16-17H,8-13,15H2,1-7H3/t16-,17-. The van der Waals surface area contributed by atoms with Crippen LogP contribution in [0.15, 0.2) is 6.07 Å². The van der Waals surface area contributed by atoms with Crippen LogP contribution in [-0.2, 0) is 19.7 Å². The van der Waals surface area contributed by atoms with E-state index in [9.17, 15) is 14.4 Å². The molecule has 0 unspecified atom stereocenters. The number of esters is 1. The molecule has 1 aliphatic carbocycles. The number of carbonyl (C=O) groups is 3. The first-order valence-corrected chi connectivity index (χ1v) is 12.2. The van der Waals surface area contributed by atoms with Crippen molar-refractivity contribution in [2.45, 2.75) is 72.6 Å². The molecule has 1 saturated carbocycles. The van der Waals surface area contributed by atoms with Crippen molar-refractivity contribution in [1.29, 1.82) is 0 Å². The number of carbonyl (C=O) groups excluding carboxylic acids is 3. The summed E-state index contributed by atoms with van der Waals surface area (Å²) in [6.07, 6.45) is 3.66. The lowest BCUT2D eigenvalue weighted by molar-refractivity contribution is -0.132. The van der Waals surface area contributed by atoms with Crippen molar-refractivity contribution < 1.29 is 19.1 Å². The first-order valence-electron chi connectivity index (χ1n) is 11.3. The second-order valence-corrected chi connectivity index (χ2v) is 10.6. The van der Waals surface area contributed by atoms with Crippen LogP contribution in [0.4, 0.5) is 5.69 Å². The van der Waals surface area contributed by atoms with Gasteiger partial charge in [0.1, 0.15) is 11.4 Å². The number of rotatable bonds is 7. The van der Waals surface area contributed by atoms with Gasteiger partial charge in [-0.2, -0.15) is 0 Å². The molecule has 31 heavy (non-hydrogen) atoms. The molecule has 1 aliphatic rings. The minimum absolute atomic E-state index is 0.0587. The molecule has 0 spiro atoms. The third-order valence-corrected chi connectivity index (χ3v) is 7.68. The summed E-state index contributed by atoms with van der Waals surface area (Å²) < 4.78 is 5.03. The Balaban J connectivity index is 2.50. The molecule has 6 nitrogen and oxygen atoms in total. The third kappa shape index (κ3) is 6.09. The van der Waals surface area contributed by atoms with Crippen LogP contribution in [0.3, 0.4) is 0 Å². The first kappa shape index (κ1) is 25.4. The van der Waals surface area contributed by atoms with Crippen molar-refractivity contribution in [3.63, 3.8) is 0 Å². The third-order valence-electron chi connectivity index (χ3n) is 6.15. The van der Waals surface area contributed by atoms with Crippen molar-refractivity contribution in [2.75, 3.05) is 31.6 Å². The number of ether oxygens (including phenoxy) is 1. The number of hydrogen-bond acceptors (Lipinski definition) is 5. The van der Waals surface area contributed by atoms with Crippen molar-refractivity contribution in [3.8, 4) is 0 Å². The first-order chi connectivity index (χ1) is 14.5. The highest BCUT2D eigenvalue weighted by atomic mass is 32.1. The molecule has 1 fully saturated rings. The largest absolute Gasteiger partial charge is 0.465 e. The van der Waals surface area contributed by atoms with Crippen LogP contribution in [-0.4, -0.2) is 49.4 Å². The number of hydrogen-bond donors (Lipinski definition) is 0. The summed E-state index contributed by atoms with van der Waals surface area (Å²) in [5, 5.41) is 0. The number of thiophene rings is 1. The molecule has 2 amide bonds. The molecule has 0 N–H and O–H groups in total. The molecule has 0 bridgehead atoms. The van der Waals surface area contributed by atoms with Gasteiger partial charge in [0.05, 0.1) is 12.8 Å². The van der Waals surface area contributed by atoms with E-state index < -0.39 is 5.97 Å². The van der Waals surface area contributed by atoms with Crippen molar-refractivity contribution in [1.82, 2.24) is 4.90 Å². The Morgan fingerprint density at radius 3 is 2.16 bits per heavy atom. The topological polar surface area (TPSA) is 66.9 Å².